The van der Waals surface area contributed by atoms with Crippen molar-refractivity contribution in [1.82, 2.24) is 10.8 Å². The molecule has 2 aromatic rings. The lowest BCUT2D eigenvalue weighted by Gasteiger charge is -2.21. The molecule has 168 valence electrons. The summed E-state index contributed by atoms with van der Waals surface area (Å²) in [7, 11) is 3.07. The van der Waals surface area contributed by atoms with Crippen molar-refractivity contribution >= 4 is 11.8 Å². The maximum atomic E-state index is 12.7. The Morgan fingerprint density at radius 3 is 2.39 bits per heavy atom. The van der Waals surface area contributed by atoms with Gasteiger partial charge >= 0.3 is 0 Å². The van der Waals surface area contributed by atoms with Gasteiger partial charge in [-0.05, 0) is 42.8 Å². The lowest BCUT2D eigenvalue weighted by molar-refractivity contribution is -0.133. The Labute approximate surface area is 181 Å². The number of hydrogen-bond donors (Lipinski definition) is 3. The van der Waals surface area contributed by atoms with Gasteiger partial charge in [0.25, 0.3) is 5.91 Å². The topological polar surface area (TPSA) is 115 Å². The Kier molecular flexibility index (Phi) is 9.76. The molecular weight excluding hydrogens is 404 g/mol. The van der Waals surface area contributed by atoms with Gasteiger partial charge in [0.1, 0.15) is 24.0 Å². The summed E-state index contributed by atoms with van der Waals surface area (Å²) in [4.78, 5) is 24.3. The number of hydrogen-bond acceptors (Lipinski definition) is 7. The van der Waals surface area contributed by atoms with Gasteiger partial charge in [0, 0.05) is 24.7 Å². The highest BCUT2D eigenvalue weighted by atomic mass is 16.7. The first-order valence-electron chi connectivity index (χ1n) is 9.70. The van der Waals surface area contributed by atoms with E-state index in [2.05, 4.69) is 5.32 Å². The maximum absolute atomic E-state index is 12.7. The highest BCUT2D eigenvalue weighted by molar-refractivity contribution is 5.94. The SMILES string of the molecule is COCOC[C@H](C[C@H](C)C(=O)NO)NC(=O)c1ccc(Oc2cccc(OC)c2)cc1. The summed E-state index contributed by atoms with van der Waals surface area (Å²) < 4.78 is 21.1. The molecule has 2 amide bonds. The molecule has 0 spiro atoms. The van der Waals surface area contributed by atoms with Crippen LogP contribution in [-0.4, -0.2) is 50.7 Å². The fraction of sp³-hybridized carbons (Fsp3) is 0.364. The minimum Gasteiger partial charge on any atom is -0.497 e. The minimum absolute atomic E-state index is 0.0588. The highest BCUT2D eigenvalue weighted by Crippen LogP contribution is 2.25. The number of rotatable bonds is 12. The van der Waals surface area contributed by atoms with Crippen LogP contribution in [0.4, 0.5) is 0 Å². The van der Waals surface area contributed by atoms with Crippen LogP contribution < -0.4 is 20.3 Å². The third-order valence-electron chi connectivity index (χ3n) is 4.44. The normalized spacial score (nSPS) is 12.5. The first-order valence-corrected chi connectivity index (χ1v) is 9.70. The third-order valence-corrected chi connectivity index (χ3v) is 4.44. The molecule has 0 saturated carbocycles. The van der Waals surface area contributed by atoms with Crippen molar-refractivity contribution in [3.63, 3.8) is 0 Å². The van der Waals surface area contributed by atoms with E-state index in [1.807, 2.05) is 12.1 Å². The third kappa shape index (κ3) is 7.89. The molecule has 0 radical (unpaired) electrons. The smallest absolute Gasteiger partial charge is 0.251 e. The molecule has 0 bridgehead atoms. The van der Waals surface area contributed by atoms with Gasteiger partial charge in [-0.2, -0.15) is 0 Å². The zero-order valence-electron chi connectivity index (χ0n) is 17.8. The van der Waals surface area contributed by atoms with Gasteiger partial charge in [0.15, 0.2) is 0 Å². The summed E-state index contributed by atoms with van der Waals surface area (Å²) in [5, 5.41) is 11.6. The fourth-order valence-corrected chi connectivity index (χ4v) is 2.83. The molecule has 3 N–H and O–H groups in total. The van der Waals surface area contributed by atoms with Crippen LogP contribution in [0.3, 0.4) is 0 Å². The van der Waals surface area contributed by atoms with E-state index < -0.39 is 17.9 Å². The molecule has 9 heteroatoms. The van der Waals surface area contributed by atoms with Crippen LogP contribution in [0.1, 0.15) is 23.7 Å². The van der Waals surface area contributed by atoms with Gasteiger partial charge in [0.05, 0.1) is 19.8 Å². The molecule has 0 fully saturated rings. The molecule has 0 unspecified atom stereocenters. The molecule has 0 aromatic heterocycles. The van der Waals surface area contributed by atoms with Crippen molar-refractivity contribution in [2.75, 3.05) is 27.6 Å². The van der Waals surface area contributed by atoms with Gasteiger partial charge in [-0.3, -0.25) is 14.8 Å². The quantitative estimate of drug-likeness (QED) is 0.204. The van der Waals surface area contributed by atoms with Gasteiger partial charge in [0.2, 0.25) is 5.91 Å². The van der Waals surface area contributed by atoms with Crippen molar-refractivity contribution < 1.29 is 33.7 Å². The molecule has 0 aliphatic heterocycles. The second kappa shape index (κ2) is 12.5. The summed E-state index contributed by atoms with van der Waals surface area (Å²) in [5.74, 6) is 0.473. The van der Waals surface area contributed by atoms with Gasteiger partial charge < -0.3 is 24.3 Å². The molecule has 0 heterocycles. The van der Waals surface area contributed by atoms with Crippen LogP contribution in [0.2, 0.25) is 0 Å². The molecule has 2 aromatic carbocycles. The lowest BCUT2D eigenvalue weighted by atomic mass is 10.0. The van der Waals surface area contributed by atoms with E-state index in [0.717, 1.165) is 0 Å². The predicted molar refractivity (Wildman–Crippen MR) is 112 cm³/mol. The molecule has 2 rings (SSSR count). The number of benzene rings is 2. The standard InChI is InChI=1S/C22H28N2O7/c1-15(21(25)24-27)11-17(13-30-14-28-2)23-22(26)16-7-9-18(10-8-16)31-20-6-4-5-19(12-20)29-3/h4-10,12,15,17,27H,11,13-14H2,1-3H3,(H,23,26)(H,24,25)/t15-,17-/m0/s1. The minimum atomic E-state index is -0.537. The van der Waals surface area contributed by atoms with E-state index in [0.29, 0.717) is 22.8 Å². The number of amides is 2. The van der Waals surface area contributed by atoms with E-state index in [1.54, 1.807) is 55.9 Å². The first-order chi connectivity index (χ1) is 15.0. The first kappa shape index (κ1) is 24.1. The van der Waals surface area contributed by atoms with E-state index in [9.17, 15) is 9.59 Å². The van der Waals surface area contributed by atoms with E-state index >= 15 is 0 Å². The molecular formula is C22H28N2O7. The van der Waals surface area contributed by atoms with Gasteiger partial charge in [-0.1, -0.05) is 13.0 Å². The maximum Gasteiger partial charge on any atom is 0.251 e. The number of carbonyl (C=O) groups excluding carboxylic acids is 2. The van der Waals surface area contributed by atoms with Crippen molar-refractivity contribution in [2.45, 2.75) is 19.4 Å². The van der Waals surface area contributed by atoms with Crippen LogP contribution in [0.15, 0.2) is 48.5 Å². The molecule has 9 nitrogen and oxygen atoms in total. The molecule has 0 aliphatic carbocycles. The second-order valence-electron chi connectivity index (χ2n) is 6.87. The zero-order valence-corrected chi connectivity index (χ0v) is 17.8. The molecule has 2 atom stereocenters. The lowest BCUT2D eigenvalue weighted by Crippen LogP contribution is -2.41. The number of ether oxygens (including phenoxy) is 4. The Morgan fingerprint density at radius 1 is 1.03 bits per heavy atom. The van der Waals surface area contributed by atoms with Crippen LogP contribution in [0.25, 0.3) is 0 Å². The Morgan fingerprint density at radius 2 is 1.74 bits per heavy atom. The summed E-state index contributed by atoms with van der Waals surface area (Å²) in [6, 6.07) is 13.4. The number of hydroxylamine groups is 1. The fourth-order valence-electron chi connectivity index (χ4n) is 2.83. The van der Waals surface area contributed by atoms with E-state index in [-0.39, 0.29) is 25.7 Å². The highest BCUT2D eigenvalue weighted by Gasteiger charge is 2.21. The van der Waals surface area contributed by atoms with E-state index in [4.69, 9.17) is 24.2 Å². The van der Waals surface area contributed by atoms with Crippen molar-refractivity contribution in [1.29, 1.82) is 0 Å². The summed E-state index contributed by atoms with van der Waals surface area (Å²) in [6.07, 6.45) is 0.277. The zero-order chi connectivity index (χ0) is 22.6. The second-order valence-corrected chi connectivity index (χ2v) is 6.87. The summed E-state index contributed by atoms with van der Waals surface area (Å²) in [6.45, 7) is 1.86. The summed E-state index contributed by atoms with van der Waals surface area (Å²) in [5.41, 5.74) is 2.04. The Bertz CT molecular complexity index is 842. The van der Waals surface area contributed by atoms with Crippen LogP contribution in [0, 0.1) is 5.92 Å². The number of nitrogens with one attached hydrogen (secondary N) is 2. The Balaban J connectivity index is 2.00. The molecule has 0 aliphatic rings. The van der Waals surface area contributed by atoms with E-state index in [1.165, 1.54) is 7.11 Å². The van der Waals surface area contributed by atoms with Crippen molar-refractivity contribution in [3.8, 4) is 17.2 Å². The molecule has 0 saturated heterocycles. The average Bonchev–Trinajstić information content (AvgIpc) is 2.79. The number of carbonyl (C=O) groups is 2. The number of methoxy groups -OCH3 is 2. The predicted octanol–water partition coefficient (Wildman–Crippen LogP) is 2.74. The van der Waals surface area contributed by atoms with Crippen molar-refractivity contribution in [2.24, 2.45) is 5.92 Å². The van der Waals surface area contributed by atoms with Crippen molar-refractivity contribution in [3.05, 3.63) is 54.1 Å². The molecule has 31 heavy (non-hydrogen) atoms. The van der Waals surface area contributed by atoms with Crippen LogP contribution in [0.5, 0.6) is 17.2 Å². The van der Waals surface area contributed by atoms with Gasteiger partial charge in [-0.15, -0.1) is 0 Å². The largest absolute Gasteiger partial charge is 0.497 e. The Hall–Kier alpha value is -3.14. The summed E-state index contributed by atoms with van der Waals surface area (Å²) >= 11 is 0. The van der Waals surface area contributed by atoms with Crippen LogP contribution >= 0.6 is 0 Å². The monoisotopic (exact) mass is 432 g/mol. The van der Waals surface area contributed by atoms with Gasteiger partial charge in [-0.25, -0.2) is 5.48 Å². The van der Waals surface area contributed by atoms with Crippen LogP contribution in [-0.2, 0) is 14.3 Å². The average molecular weight is 432 g/mol.